The van der Waals surface area contributed by atoms with Gasteiger partial charge in [-0.05, 0) is 49.4 Å². The van der Waals surface area contributed by atoms with Gasteiger partial charge in [-0.2, -0.15) is 0 Å². The highest BCUT2D eigenvalue weighted by Crippen LogP contribution is 2.25. The van der Waals surface area contributed by atoms with Crippen LogP contribution in [0.4, 0.5) is 4.39 Å². The Morgan fingerprint density at radius 2 is 1.71 bits per heavy atom. The number of rotatable bonds is 8. The quantitative estimate of drug-likeness (QED) is 0.586. The Hall–Kier alpha value is -2.40. The van der Waals surface area contributed by atoms with E-state index >= 15 is 0 Å². The van der Waals surface area contributed by atoms with Gasteiger partial charge in [-0.1, -0.05) is 61.2 Å². The van der Waals surface area contributed by atoms with E-state index in [0.29, 0.717) is 18.5 Å². The number of aryl methyl sites for hydroxylation is 1. The summed E-state index contributed by atoms with van der Waals surface area (Å²) in [6.45, 7) is 2.36. The van der Waals surface area contributed by atoms with Gasteiger partial charge in [-0.3, -0.25) is 9.59 Å². The molecule has 0 radical (unpaired) electrons. The molecule has 2 aromatic rings. The maximum Gasteiger partial charge on any atom is 0.247 e. The first-order valence-corrected chi connectivity index (χ1v) is 11.5. The summed E-state index contributed by atoms with van der Waals surface area (Å²) in [6.07, 6.45) is 5.83. The Labute approximate surface area is 188 Å². The maximum absolute atomic E-state index is 13.5. The largest absolute Gasteiger partial charge is 0.351 e. The molecule has 166 valence electrons. The van der Waals surface area contributed by atoms with Crippen molar-refractivity contribution in [3.8, 4) is 0 Å². The van der Waals surface area contributed by atoms with E-state index in [9.17, 15) is 14.0 Å². The SMILES string of the molecule is Cc1ccc(CCN(C(=O)CCl)C(C(=O)NC2CCCCC2)c2ccc(F)cc2)cc1. The Morgan fingerprint density at radius 3 is 2.32 bits per heavy atom. The summed E-state index contributed by atoms with van der Waals surface area (Å²) in [4.78, 5) is 27.7. The smallest absolute Gasteiger partial charge is 0.247 e. The van der Waals surface area contributed by atoms with E-state index < -0.39 is 6.04 Å². The molecule has 6 heteroatoms. The Bertz CT molecular complexity index is 864. The topological polar surface area (TPSA) is 49.4 Å². The van der Waals surface area contributed by atoms with Gasteiger partial charge in [0.2, 0.25) is 11.8 Å². The highest BCUT2D eigenvalue weighted by molar-refractivity contribution is 6.27. The molecule has 0 spiro atoms. The van der Waals surface area contributed by atoms with Crippen molar-refractivity contribution < 1.29 is 14.0 Å². The van der Waals surface area contributed by atoms with Crippen molar-refractivity contribution >= 4 is 23.4 Å². The molecule has 1 aliphatic rings. The number of halogens is 2. The second-order valence-corrected chi connectivity index (χ2v) is 8.52. The van der Waals surface area contributed by atoms with E-state index in [-0.39, 0.29) is 29.6 Å². The molecular weight excluding hydrogens is 415 g/mol. The summed E-state index contributed by atoms with van der Waals surface area (Å²) >= 11 is 5.92. The molecular formula is C25H30ClFN2O2. The fourth-order valence-corrected chi connectivity index (χ4v) is 4.28. The first-order chi connectivity index (χ1) is 15.0. The van der Waals surface area contributed by atoms with Crippen LogP contribution in [0.2, 0.25) is 0 Å². The van der Waals surface area contributed by atoms with Crippen LogP contribution in [0.1, 0.15) is 54.8 Å². The van der Waals surface area contributed by atoms with Gasteiger partial charge in [-0.25, -0.2) is 4.39 Å². The first-order valence-electron chi connectivity index (χ1n) is 10.9. The van der Waals surface area contributed by atoms with Crippen molar-refractivity contribution in [2.45, 2.75) is 57.5 Å². The standard InChI is InChI=1S/C25H30ClFN2O2/c1-18-7-9-19(10-8-18)15-16-29(23(30)17-26)24(20-11-13-21(27)14-12-20)25(31)28-22-5-3-2-4-6-22/h7-14,22,24H,2-6,15-17H2,1H3,(H,28,31). The van der Waals surface area contributed by atoms with Gasteiger partial charge in [-0.15, -0.1) is 11.6 Å². The molecule has 0 heterocycles. The van der Waals surface area contributed by atoms with Gasteiger partial charge >= 0.3 is 0 Å². The fourth-order valence-electron chi connectivity index (χ4n) is 4.12. The number of nitrogens with one attached hydrogen (secondary N) is 1. The minimum Gasteiger partial charge on any atom is -0.351 e. The molecule has 1 fully saturated rings. The molecule has 31 heavy (non-hydrogen) atoms. The number of carbonyl (C=O) groups excluding carboxylic acids is 2. The van der Waals surface area contributed by atoms with Gasteiger partial charge in [0.15, 0.2) is 0 Å². The minimum absolute atomic E-state index is 0.106. The van der Waals surface area contributed by atoms with Crippen molar-refractivity contribution in [2.75, 3.05) is 12.4 Å². The molecule has 2 aromatic carbocycles. The predicted molar refractivity (Wildman–Crippen MR) is 121 cm³/mol. The van der Waals surface area contributed by atoms with Gasteiger partial charge in [0.05, 0.1) is 0 Å². The van der Waals surface area contributed by atoms with Crippen LogP contribution in [0, 0.1) is 12.7 Å². The molecule has 1 N–H and O–H groups in total. The summed E-state index contributed by atoms with van der Waals surface area (Å²) in [6, 6.07) is 13.1. The van der Waals surface area contributed by atoms with Gasteiger partial charge in [0.25, 0.3) is 0 Å². The number of nitrogens with zero attached hydrogens (tertiary/aromatic N) is 1. The van der Waals surface area contributed by atoms with Crippen molar-refractivity contribution in [2.24, 2.45) is 0 Å². The number of benzene rings is 2. The molecule has 0 aliphatic heterocycles. The lowest BCUT2D eigenvalue weighted by Gasteiger charge is -2.33. The normalized spacial score (nSPS) is 15.3. The van der Waals surface area contributed by atoms with Crippen LogP contribution >= 0.6 is 11.6 Å². The van der Waals surface area contributed by atoms with Crippen molar-refractivity contribution in [1.82, 2.24) is 10.2 Å². The van der Waals surface area contributed by atoms with Crippen LogP contribution in [0.5, 0.6) is 0 Å². The van der Waals surface area contributed by atoms with Crippen LogP contribution in [0.15, 0.2) is 48.5 Å². The van der Waals surface area contributed by atoms with Crippen molar-refractivity contribution in [1.29, 1.82) is 0 Å². The molecule has 1 unspecified atom stereocenters. The minimum atomic E-state index is -0.848. The molecule has 0 bridgehead atoms. The van der Waals surface area contributed by atoms with Crippen molar-refractivity contribution in [3.05, 3.63) is 71.0 Å². The summed E-state index contributed by atoms with van der Waals surface area (Å²) in [7, 11) is 0. The molecule has 3 rings (SSSR count). The Kier molecular flexibility index (Phi) is 8.47. The second-order valence-electron chi connectivity index (χ2n) is 8.25. The molecule has 1 atom stereocenters. The highest BCUT2D eigenvalue weighted by Gasteiger charge is 2.32. The third-order valence-electron chi connectivity index (χ3n) is 5.89. The summed E-state index contributed by atoms with van der Waals surface area (Å²) in [5.41, 5.74) is 2.81. The lowest BCUT2D eigenvalue weighted by atomic mass is 9.94. The molecule has 4 nitrogen and oxygen atoms in total. The number of amides is 2. The summed E-state index contributed by atoms with van der Waals surface area (Å²) < 4.78 is 13.5. The third-order valence-corrected chi connectivity index (χ3v) is 6.12. The van der Waals surface area contributed by atoms with Gasteiger partial charge in [0.1, 0.15) is 17.7 Å². The van der Waals surface area contributed by atoms with E-state index in [1.165, 1.54) is 23.5 Å². The van der Waals surface area contributed by atoms with Crippen LogP contribution in [-0.2, 0) is 16.0 Å². The van der Waals surface area contributed by atoms with Crippen LogP contribution in [-0.4, -0.2) is 35.2 Å². The third kappa shape index (κ3) is 6.54. The number of hydrogen-bond acceptors (Lipinski definition) is 2. The second kappa shape index (κ2) is 11.3. The fraction of sp³-hybridized carbons (Fsp3) is 0.440. The zero-order valence-corrected chi connectivity index (χ0v) is 18.7. The lowest BCUT2D eigenvalue weighted by Crippen LogP contribution is -2.48. The molecule has 0 saturated heterocycles. The summed E-state index contributed by atoms with van der Waals surface area (Å²) in [5.74, 6) is -1.16. The summed E-state index contributed by atoms with van der Waals surface area (Å²) in [5, 5.41) is 3.13. The Balaban J connectivity index is 1.85. The number of alkyl halides is 1. The zero-order chi connectivity index (χ0) is 22.2. The van der Waals surface area contributed by atoms with E-state index in [0.717, 1.165) is 36.8 Å². The monoisotopic (exact) mass is 444 g/mol. The molecule has 1 aliphatic carbocycles. The van der Waals surface area contributed by atoms with Gasteiger partial charge < -0.3 is 10.2 Å². The molecule has 1 saturated carbocycles. The highest BCUT2D eigenvalue weighted by atomic mass is 35.5. The molecule has 0 aromatic heterocycles. The zero-order valence-electron chi connectivity index (χ0n) is 17.9. The van der Waals surface area contributed by atoms with E-state index in [1.807, 2.05) is 31.2 Å². The van der Waals surface area contributed by atoms with Crippen molar-refractivity contribution in [3.63, 3.8) is 0 Å². The molecule has 2 amide bonds. The Morgan fingerprint density at radius 1 is 1.06 bits per heavy atom. The number of hydrogen-bond donors (Lipinski definition) is 1. The van der Waals surface area contributed by atoms with E-state index in [1.54, 1.807) is 12.1 Å². The first kappa shape index (κ1) is 23.3. The number of carbonyl (C=O) groups is 2. The van der Waals surface area contributed by atoms with Gasteiger partial charge in [0, 0.05) is 12.6 Å². The van der Waals surface area contributed by atoms with E-state index in [2.05, 4.69) is 5.32 Å². The average Bonchev–Trinajstić information content (AvgIpc) is 2.78. The van der Waals surface area contributed by atoms with Crippen LogP contribution < -0.4 is 5.32 Å². The van der Waals surface area contributed by atoms with Crippen LogP contribution in [0.3, 0.4) is 0 Å². The lowest BCUT2D eigenvalue weighted by molar-refractivity contribution is -0.139. The predicted octanol–water partition coefficient (Wildman–Crippen LogP) is 4.93. The van der Waals surface area contributed by atoms with E-state index in [4.69, 9.17) is 11.6 Å². The van der Waals surface area contributed by atoms with Crippen LogP contribution in [0.25, 0.3) is 0 Å². The average molecular weight is 445 g/mol. The maximum atomic E-state index is 13.5.